The van der Waals surface area contributed by atoms with E-state index in [0.29, 0.717) is 0 Å². The average Bonchev–Trinajstić information content (AvgIpc) is 2.26. The highest BCUT2D eigenvalue weighted by Gasteiger charge is 2.33. The number of methoxy groups -OCH3 is 1. The zero-order valence-corrected chi connectivity index (χ0v) is 10.3. The molecule has 15 heavy (non-hydrogen) atoms. The molecular formula is C12H25NO2. The van der Waals surface area contributed by atoms with Crippen molar-refractivity contribution < 1.29 is 9.84 Å². The van der Waals surface area contributed by atoms with Gasteiger partial charge < -0.3 is 15.2 Å². The summed E-state index contributed by atoms with van der Waals surface area (Å²) in [5, 5.41) is 13.0. The molecule has 0 aromatic heterocycles. The van der Waals surface area contributed by atoms with Gasteiger partial charge in [0, 0.05) is 19.2 Å². The first-order valence-corrected chi connectivity index (χ1v) is 6.00. The Labute approximate surface area is 93.2 Å². The molecule has 0 spiro atoms. The van der Waals surface area contributed by atoms with Crippen LogP contribution in [0.15, 0.2) is 0 Å². The van der Waals surface area contributed by atoms with E-state index < -0.39 is 0 Å². The Bertz CT molecular complexity index is 186. The molecule has 2 N–H and O–H groups in total. The van der Waals surface area contributed by atoms with E-state index >= 15 is 0 Å². The van der Waals surface area contributed by atoms with Gasteiger partial charge in [-0.1, -0.05) is 19.8 Å². The summed E-state index contributed by atoms with van der Waals surface area (Å²) in [4.78, 5) is 0. The van der Waals surface area contributed by atoms with E-state index in [9.17, 15) is 5.11 Å². The van der Waals surface area contributed by atoms with Crippen molar-refractivity contribution in [3.8, 4) is 0 Å². The summed E-state index contributed by atoms with van der Waals surface area (Å²) in [6.45, 7) is 5.38. The van der Waals surface area contributed by atoms with Crippen LogP contribution >= 0.6 is 0 Å². The Morgan fingerprint density at radius 2 is 2.33 bits per heavy atom. The molecule has 3 heteroatoms. The van der Waals surface area contributed by atoms with Crippen LogP contribution in [0, 0.1) is 5.92 Å². The fraction of sp³-hybridized carbons (Fsp3) is 1.00. The Morgan fingerprint density at radius 3 is 2.87 bits per heavy atom. The molecule has 0 bridgehead atoms. The monoisotopic (exact) mass is 215 g/mol. The van der Waals surface area contributed by atoms with Crippen molar-refractivity contribution in [2.45, 2.75) is 51.2 Å². The minimum absolute atomic E-state index is 0.0511. The zero-order chi connectivity index (χ0) is 11.3. The Kier molecular flexibility index (Phi) is 5.03. The molecule has 1 fully saturated rings. The number of hydrogen-bond donors (Lipinski definition) is 2. The number of nitrogens with one attached hydrogen (secondary N) is 1. The van der Waals surface area contributed by atoms with E-state index in [-0.39, 0.29) is 18.2 Å². The minimum Gasteiger partial charge on any atom is -0.394 e. The first kappa shape index (κ1) is 12.9. The fourth-order valence-corrected chi connectivity index (χ4v) is 2.46. The van der Waals surface area contributed by atoms with Gasteiger partial charge in [0.2, 0.25) is 0 Å². The lowest BCUT2D eigenvalue weighted by Crippen LogP contribution is -2.53. The number of ether oxygens (including phenoxy) is 1. The van der Waals surface area contributed by atoms with Crippen LogP contribution in [0.5, 0.6) is 0 Å². The molecule has 3 unspecified atom stereocenters. The molecule has 0 heterocycles. The van der Waals surface area contributed by atoms with Gasteiger partial charge in [-0.15, -0.1) is 0 Å². The summed E-state index contributed by atoms with van der Waals surface area (Å²) in [7, 11) is 1.72. The van der Waals surface area contributed by atoms with Gasteiger partial charge in [0.1, 0.15) is 0 Å². The molecule has 1 aliphatic carbocycles. The molecule has 3 nitrogen and oxygen atoms in total. The molecule has 0 saturated heterocycles. The fourth-order valence-electron chi connectivity index (χ4n) is 2.46. The topological polar surface area (TPSA) is 41.5 Å². The van der Waals surface area contributed by atoms with Crippen LogP contribution in [0.25, 0.3) is 0 Å². The van der Waals surface area contributed by atoms with Crippen LogP contribution in [0.1, 0.15) is 39.5 Å². The summed E-state index contributed by atoms with van der Waals surface area (Å²) in [5.74, 6) is 0.719. The minimum atomic E-state index is -0.0511. The van der Waals surface area contributed by atoms with E-state index in [1.807, 2.05) is 6.92 Å². The van der Waals surface area contributed by atoms with Gasteiger partial charge >= 0.3 is 0 Å². The quantitative estimate of drug-likeness (QED) is 0.731. The van der Waals surface area contributed by atoms with E-state index in [2.05, 4.69) is 12.2 Å². The van der Waals surface area contributed by atoms with Crippen molar-refractivity contribution in [1.29, 1.82) is 0 Å². The third kappa shape index (κ3) is 3.74. The summed E-state index contributed by atoms with van der Waals surface area (Å²) in [5.41, 5.74) is -0.0511. The van der Waals surface area contributed by atoms with Crippen LogP contribution in [0.4, 0.5) is 0 Å². The third-order valence-electron chi connectivity index (χ3n) is 3.56. The maximum absolute atomic E-state index is 9.54. The second-order valence-electron chi connectivity index (χ2n) is 5.07. The predicted octanol–water partition coefficient (Wildman–Crippen LogP) is 1.55. The SMILES string of the molecule is COC(C)CNC1(CO)CCCC(C)C1. The highest BCUT2D eigenvalue weighted by Crippen LogP contribution is 2.31. The van der Waals surface area contributed by atoms with E-state index in [1.165, 1.54) is 12.8 Å². The molecule has 0 aromatic rings. The van der Waals surface area contributed by atoms with Gasteiger partial charge in [0.05, 0.1) is 12.7 Å². The van der Waals surface area contributed by atoms with E-state index in [1.54, 1.807) is 7.11 Å². The normalized spacial score (nSPS) is 34.0. The molecular weight excluding hydrogens is 190 g/mol. The second-order valence-corrected chi connectivity index (χ2v) is 5.07. The van der Waals surface area contributed by atoms with Crippen molar-refractivity contribution in [1.82, 2.24) is 5.32 Å². The standard InChI is InChI=1S/C12H25NO2/c1-10-5-4-6-12(7-10,9-14)13-8-11(2)15-3/h10-11,13-14H,4-9H2,1-3H3. The maximum Gasteiger partial charge on any atom is 0.0667 e. The van der Waals surface area contributed by atoms with Crippen LogP contribution in [-0.2, 0) is 4.74 Å². The van der Waals surface area contributed by atoms with Crippen LogP contribution < -0.4 is 5.32 Å². The summed E-state index contributed by atoms with van der Waals surface area (Å²) < 4.78 is 5.21. The molecule has 0 amide bonds. The second kappa shape index (κ2) is 5.83. The first-order valence-electron chi connectivity index (χ1n) is 6.00. The highest BCUT2D eigenvalue weighted by molar-refractivity contribution is 4.92. The molecule has 1 rings (SSSR count). The molecule has 0 aliphatic heterocycles. The Morgan fingerprint density at radius 1 is 1.60 bits per heavy atom. The van der Waals surface area contributed by atoms with Gasteiger partial charge in [0.15, 0.2) is 0 Å². The molecule has 1 aliphatic rings. The summed E-state index contributed by atoms with van der Waals surface area (Å²) >= 11 is 0. The third-order valence-corrected chi connectivity index (χ3v) is 3.56. The molecule has 0 radical (unpaired) electrons. The molecule has 1 saturated carbocycles. The van der Waals surface area contributed by atoms with Crippen LogP contribution in [0.2, 0.25) is 0 Å². The summed E-state index contributed by atoms with van der Waals surface area (Å²) in [6.07, 6.45) is 4.90. The maximum atomic E-state index is 9.54. The lowest BCUT2D eigenvalue weighted by Gasteiger charge is -2.40. The predicted molar refractivity (Wildman–Crippen MR) is 61.9 cm³/mol. The lowest BCUT2D eigenvalue weighted by atomic mass is 9.77. The van der Waals surface area contributed by atoms with Crippen molar-refractivity contribution in [3.05, 3.63) is 0 Å². The van der Waals surface area contributed by atoms with E-state index in [4.69, 9.17) is 4.74 Å². The number of aliphatic hydroxyl groups excluding tert-OH is 1. The van der Waals surface area contributed by atoms with Gasteiger partial charge in [-0.05, 0) is 25.7 Å². The van der Waals surface area contributed by atoms with Gasteiger partial charge in [0.25, 0.3) is 0 Å². The molecule has 0 aromatic carbocycles. The van der Waals surface area contributed by atoms with Crippen molar-refractivity contribution >= 4 is 0 Å². The smallest absolute Gasteiger partial charge is 0.0667 e. The van der Waals surface area contributed by atoms with Crippen LogP contribution in [0.3, 0.4) is 0 Å². The zero-order valence-electron chi connectivity index (χ0n) is 10.3. The van der Waals surface area contributed by atoms with Crippen molar-refractivity contribution in [2.24, 2.45) is 5.92 Å². The number of rotatable bonds is 5. The van der Waals surface area contributed by atoms with E-state index in [0.717, 1.165) is 25.3 Å². The van der Waals surface area contributed by atoms with Gasteiger partial charge in [-0.25, -0.2) is 0 Å². The Balaban J connectivity index is 2.44. The van der Waals surface area contributed by atoms with Crippen LogP contribution in [-0.4, -0.2) is 37.0 Å². The van der Waals surface area contributed by atoms with Crippen molar-refractivity contribution in [3.63, 3.8) is 0 Å². The van der Waals surface area contributed by atoms with Crippen molar-refractivity contribution in [2.75, 3.05) is 20.3 Å². The first-order chi connectivity index (χ1) is 7.12. The number of hydrogen-bond acceptors (Lipinski definition) is 3. The van der Waals surface area contributed by atoms with Gasteiger partial charge in [-0.3, -0.25) is 0 Å². The largest absolute Gasteiger partial charge is 0.394 e. The molecule has 3 atom stereocenters. The molecule has 90 valence electrons. The summed E-state index contributed by atoms with van der Waals surface area (Å²) in [6, 6.07) is 0. The Hall–Kier alpha value is -0.120. The average molecular weight is 215 g/mol. The highest BCUT2D eigenvalue weighted by atomic mass is 16.5. The lowest BCUT2D eigenvalue weighted by molar-refractivity contribution is 0.0665. The number of aliphatic hydroxyl groups is 1. The van der Waals surface area contributed by atoms with Gasteiger partial charge in [-0.2, -0.15) is 0 Å².